The molecule has 7 heteroatoms. The van der Waals surface area contributed by atoms with Gasteiger partial charge in [0.1, 0.15) is 0 Å². The van der Waals surface area contributed by atoms with Gasteiger partial charge in [0.2, 0.25) is 5.90 Å². The van der Waals surface area contributed by atoms with Gasteiger partial charge in [0.15, 0.2) is 5.70 Å². The minimum atomic E-state index is -0.513. The highest BCUT2D eigenvalue weighted by molar-refractivity contribution is 7.11. The Balaban J connectivity index is 1.81. The van der Waals surface area contributed by atoms with Gasteiger partial charge in [0.25, 0.3) is 5.69 Å². The van der Waals surface area contributed by atoms with E-state index in [9.17, 15) is 14.9 Å². The van der Waals surface area contributed by atoms with Crippen LogP contribution >= 0.6 is 11.3 Å². The van der Waals surface area contributed by atoms with Crippen LogP contribution in [0.4, 0.5) is 5.69 Å². The molecular formula is C17H12N2O4S. The molecular weight excluding hydrogens is 328 g/mol. The number of nitro benzene ring substituents is 1. The van der Waals surface area contributed by atoms with Crippen LogP contribution in [0.2, 0.25) is 0 Å². The Morgan fingerprint density at radius 1 is 1.29 bits per heavy atom. The highest BCUT2D eigenvalue weighted by atomic mass is 32.1. The first-order valence-electron chi connectivity index (χ1n) is 7.02. The molecule has 2 aromatic rings. The largest absolute Gasteiger partial charge is 0.403 e. The van der Waals surface area contributed by atoms with Crippen LogP contribution in [-0.2, 0) is 9.53 Å². The summed E-state index contributed by atoms with van der Waals surface area (Å²) in [6.07, 6.45) is 4.81. The molecule has 1 aromatic heterocycles. The number of benzene rings is 1. The molecule has 0 N–H and O–H groups in total. The van der Waals surface area contributed by atoms with E-state index in [1.807, 2.05) is 18.4 Å². The van der Waals surface area contributed by atoms with E-state index in [2.05, 4.69) is 4.99 Å². The Morgan fingerprint density at radius 3 is 2.83 bits per heavy atom. The summed E-state index contributed by atoms with van der Waals surface area (Å²) in [5, 5.41) is 12.7. The Hall–Kier alpha value is -3.06. The number of non-ortho nitro benzene ring substituents is 1. The maximum atomic E-state index is 11.9. The van der Waals surface area contributed by atoms with Crippen molar-refractivity contribution in [1.29, 1.82) is 0 Å². The summed E-state index contributed by atoms with van der Waals surface area (Å²) in [5.74, 6) is -0.353. The highest BCUT2D eigenvalue weighted by Gasteiger charge is 2.21. The number of ether oxygens (including phenoxy) is 1. The summed E-state index contributed by atoms with van der Waals surface area (Å²) in [6, 6.07) is 8.11. The maximum absolute atomic E-state index is 11.9. The molecule has 0 saturated carbocycles. The molecule has 1 aromatic carbocycles. The van der Waals surface area contributed by atoms with E-state index in [0.29, 0.717) is 5.56 Å². The van der Waals surface area contributed by atoms with Crippen LogP contribution in [0.3, 0.4) is 0 Å². The van der Waals surface area contributed by atoms with E-state index in [0.717, 1.165) is 10.4 Å². The molecule has 24 heavy (non-hydrogen) atoms. The first-order chi connectivity index (χ1) is 11.5. The summed E-state index contributed by atoms with van der Waals surface area (Å²) in [4.78, 5) is 27.3. The van der Waals surface area contributed by atoms with Crippen molar-refractivity contribution in [2.24, 2.45) is 4.99 Å². The van der Waals surface area contributed by atoms with E-state index in [4.69, 9.17) is 4.74 Å². The lowest BCUT2D eigenvalue weighted by Gasteiger charge is -1.94. The van der Waals surface area contributed by atoms with Gasteiger partial charge in [-0.15, -0.1) is 11.3 Å². The zero-order chi connectivity index (χ0) is 17.1. The van der Waals surface area contributed by atoms with Gasteiger partial charge >= 0.3 is 5.97 Å². The van der Waals surface area contributed by atoms with Gasteiger partial charge in [-0.05, 0) is 41.6 Å². The number of thiophene rings is 1. The summed E-state index contributed by atoms with van der Waals surface area (Å²) < 4.78 is 5.09. The molecule has 0 radical (unpaired) electrons. The molecule has 0 bridgehead atoms. The zero-order valence-corrected chi connectivity index (χ0v) is 13.4. The molecule has 120 valence electrons. The third-order valence-electron chi connectivity index (χ3n) is 3.31. The Labute approximate surface area is 141 Å². The van der Waals surface area contributed by atoms with E-state index in [1.165, 1.54) is 29.5 Å². The van der Waals surface area contributed by atoms with Crippen LogP contribution in [0, 0.1) is 17.0 Å². The molecule has 0 fully saturated rings. The lowest BCUT2D eigenvalue weighted by atomic mass is 10.2. The van der Waals surface area contributed by atoms with Gasteiger partial charge < -0.3 is 4.74 Å². The molecule has 0 spiro atoms. The number of nitro groups is 1. The third kappa shape index (κ3) is 3.47. The summed E-state index contributed by atoms with van der Waals surface area (Å²) in [6.45, 7) is 1.95. The van der Waals surface area contributed by atoms with Crippen molar-refractivity contribution >= 4 is 41.0 Å². The quantitative estimate of drug-likeness (QED) is 0.365. The fraction of sp³-hybridized carbons (Fsp3) is 0.0588. The first kappa shape index (κ1) is 15.8. The normalized spacial score (nSPS) is 15.8. The second-order valence-electron chi connectivity index (χ2n) is 5.02. The van der Waals surface area contributed by atoms with Crippen LogP contribution < -0.4 is 0 Å². The van der Waals surface area contributed by atoms with Gasteiger partial charge in [-0.2, -0.15) is 0 Å². The summed E-state index contributed by atoms with van der Waals surface area (Å²) >= 11 is 1.52. The number of esters is 1. The van der Waals surface area contributed by atoms with Crippen molar-refractivity contribution < 1.29 is 14.5 Å². The number of carbonyl (C=O) groups excluding carboxylic acids is 1. The van der Waals surface area contributed by atoms with Crippen molar-refractivity contribution in [1.82, 2.24) is 0 Å². The second-order valence-corrected chi connectivity index (χ2v) is 5.97. The van der Waals surface area contributed by atoms with Gasteiger partial charge in [-0.1, -0.05) is 12.1 Å². The average Bonchev–Trinajstić information content (AvgIpc) is 3.12. The van der Waals surface area contributed by atoms with Crippen molar-refractivity contribution in [3.63, 3.8) is 0 Å². The SMILES string of the molecule is Cc1ccsc1C=C1N=C(C=Cc2cccc([N+](=O)[O-])c2)OC1=O. The van der Waals surface area contributed by atoms with Crippen LogP contribution in [0.15, 0.2) is 52.5 Å². The van der Waals surface area contributed by atoms with Crippen LogP contribution in [0.25, 0.3) is 12.2 Å². The predicted molar refractivity (Wildman–Crippen MR) is 92.7 cm³/mol. The highest BCUT2D eigenvalue weighted by Crippen LogP contribution is 2.23. The zero-order valence-electron chi connectivity index (χ0n) is 12.6. The van der Waals surface area contributed by atoms with Crippen molar-refractivity contribution in [3.05, 3.63) is 73.6 Å². The number of hydrogen-bond donors (Lipinski definition) is 0. The van der Waals surface area contributed by atoms with Crippen molar-refractivity contribution in [2.75, 3.05) is 0 Å². The number of rotatable bonds is 4. The molecule has 0 saturated heterocycles. The lowest BCUT2D eigenvalue weighted by Crippen LogP contribution is -2.01. The van der Waals surface area contributed by atoms with Crippen LogP contribution in [0.5, 0.6) is 0 Å². The molecule has 1 aliphatic heterocycles. The number of carbonyl (C=O) groups is 1. The Kier molecular flexibility index (Phi) is 4.35. The Bertz CT molecular complexity index is 909. The number of nitrogens with zero attached hydrogens (tertiary/aromatic N) is 2. The molecule has 6 nitrogen and oxygen atoms in total. The minimum Gasteiger partial charge on any atom is -0.403 e. The van der Waals surface area contributed by atoms with Crippen LogP contribution in [-0.4, -0.2) is 16.8 Å². The standard InChI is InChI=1S/C17H12N2O4S/c1-11-7-8-24-15(11)10-14-17(20)23-16(18-14)6-5-12-3-2-4-13(9-12)19(21)22/h2-10H,1H3. The second kappa shape index (κ2) is 6.59. The third-order valence-corrected chi connectivity index (χ3v) is 4.27. The van der Waals surface area contributed by atoms with E-state index in [1.54, 1.807) is 24.3 Å². The molecule has 1 aliphatic rings. The molecule has 0 amide bonds. The smallest absolute Gasteiger partial charge is 0.363 e. The van der Waals surface area contributed by atoms with E-state index in [-0.39, 0.29) is 17.3 Å². The Morgan fingerprint density at radius 2 is 2.12 bits per heavy atom. The molecule has 0 unspecified atom stereocenters. The topological polar surface area (TPSA) is 81.8 Å². The van der Waals surface area contributed by atoms with Crippen LogP contribution in [0.1, 0.15) is 16.0 Å². The predicted octanol–water partition coefficient (Wildman–Crippen LogP) is 3.97. The maximum Gasteiger partial charge on any atom is 0.363 e. The van der Waals surface area contributed by atoms with Crippen molar-refractivity contribution in [2.45, 2.75) is 6.92 Å². The average molecular weight is 340 g/mol. The van der Waals surface area contributed by atoms with E-state index >= 15 is 0 Å². The number of aryl methyl sites for hydroxylation is 1. The van der Waals surface area contributed by atoms with Gasteiger partial charge in [-0.3, -0.25) is 10.1 Å². The number of aliphatic imine (C=N–C) groups is 1. The molecule has 2 heterocycles. The number of cyclic esters (lactones) is 1. The summed E-state index contributed by atoms with van der Waals surface area (Å²) in [5.41, 5.74) is 1.92. The molecule has 0 atom stereocenters. The van der Waals surface area contributed by atoms with Crippen molar-refractivity contribution in [3.8, 4) is 0 Å². The summed E-state index contributed by atoms with van der Waals surface area (Å²) in [7, 11) is 0. The first-order valence-corrected chi connectivity index (χ1v) is 7.90. The fourth-order valence-corrected chi connectivity index (χ4v) is 2.92. The van der Waals surface area contributed by atoms with Gasteiger partial charge in [0, 0.05) is 23.1 Å². The molecule has 0 aliphatic carbocycles. The lowest BCUT2D eigenvalue weighted by molar-refractivity contribution is -0.384. The van der Waals surface area contributed by atoms with Gasteiger partial charge in [0.05, 0.1) is 4.92 Å². The monoisotopic (exact) mass is 340 g/mol. The van der Waals surface area contributed by atoms with Gasteiger partial charge in [-0.25, -0.2) is 9.79 Å². The van der Waals surface area contributed by atoms with E-state index < -0.39 is 10.9 Å². The number of hydrogen-bond acceptors (Lipinski definition) is 6. The molecule has 3 rings (SSSR count). The minimum absolute atomic E-state index is 0.00346. The fourth-order valence-electron chi connectivity index (χ4n) is 2.06.